The maximum Gasteiger partial charge on any atom is 0.335 e. The molecule has 1 fully saturated rings. The maximum atomic E-state index is 16.3. The van der Waals surface area contributed by atoms with Gasteiger partial charge in [-0.15, -0.1) is 12.4 Å². The lowest BCUT2D eigenvalue weighted by Crippen LogP contribution is -2.26. The zero-order valence-corrected chi connectivity index (χ0v) is 23.0. The van der Waals surface area contributed by atoms with Crippen molar-refractivity contribution in [2.75, 3.05) is 26.3 Å². The lowest BCUT2D eigenvalue weighted by molar-refractivity contribution is 0.0696. The monoisotopic (exact) mass is 573 g/mol. The van der Waals surface area contributed by atoms with Gasteiger partial charge in [-0.1, -0.05) is 48.0 Å². The minimum atomic E-state index is -0.993. The normalized spacial score (nSPS) is 17.4. The van der Waals surface area contributed by atoms with Gasteiger partial charge < -0.3 is 9.84 Å². The summed E-state index contributed by atoms with van der Waals surface area (Å²) in [6.07, 6.45) is 3.17. The predicted octanol–water partition coefficient (Wildman–Crippen LogP) is 7.71. The predicted molar refractivity (Wildman–Crippen MR) is 153 cm³/mol. The molecule has 39 heavy (non-hydrogen) atoms. The number of hydrogen-bond donors (Lipinski definition) is 1. The highest BCUT2D eigenvalue weighted by atomic mass is 35.5. The van der Waals surface area contributed by atoms with Gasteiger partial charge in [0.2, 0.25) is 0 Å². The van der Waals surface area contributed by atoms with E-state index in [0.29, 0.717) is 48.5 Å². The largest absolute Gasteiger partial charge is 0.486 e. The molecular formula is C31H31Cl2F2NO3. The third-order valence-corrected chi connectivity index (χ3v) is 7.69. The average molecular weight is 574 g/mol. The van der Waals surface area contributed by atoms with Crippen molar-refractivity contribution < 1.29 is 23.4 Å². The summed E-state index contributed by atoms with van der Waals surface area (Å²) in [5.74, 6) is -1.27. The minimum absolute atomic E-state index is 0. The first-order valence-corrected chi connectivity index (χ1v) is 13.4. The number of allylic oxidation sites excluding steroid dienone is 1. The number of likely N-dealkylation sites (tertiary alicyclic amines) is 1. The van der Waals surface area contributed by atoms with E-state index in [1.807, 2.05) is 24.3 Å². The number of benzene rings is 3. The van der Waals surface area contributed by atoms with Gasteiger partial charge in [-0.05, 0) is 84.2 Å². The quantitative estimate of drug-likeness (QED) is 0.300. The Morgan fingerprint density at radius 1 is 1.05 bits per heavy atom. The van der Waals surface area contributed by atoms with E-state index in [2.05, 4.69) is 4.90 Å². The number of aryl methyl sites for hydroxylation is 1. The van der Waals surface area contributed by atoms with Crippen LogP contribution in [0.2, 0.25) is 5.02 Å². The van der Waals surface area contributed by atoms with Crippen molar-refractivity contribution in [3.8, 4) is 5.75 Å². The second kappa shape index (κ2) is 12.9. The molecule has 0 saturated carbocycles. The highest BCUT2D eigenvalue weighted by Crippen LogP contribution is 2.43. The Morgan fingerprint density at radius 3 is 2.62 bits per heavy atom. The van der Waals surface area contributed by atoms with Crippen LogP contribution < -0.4 is 4.74 Å². The minimum Gasteiger partial charge on any atom is -0.486 e. The van der Waals surface area contributed by atoms with Gasteiger partial charge >= 0.3 is 5.97 Å². The van der Waals surface area contributed by atoms with Crippen LogP contribution in [-0.4, -0.2) is 48.4 Å². The second-order valence-electron chi connectivity index (χ2n) is 9.85. The van der Waals surface area contributed by atoms with E-state index in [1.54, 1.807) is 36.4 Å². The zero-order valence-electron chi connectivity index (χ0n) is 21.5. The molecule has 206 valence electrons. The van der Waals surface area contributed by atoms with E-state index in [0.717, 1.165) is 41.6 Å². The van der Waals surface area contributed by atoms with Crippen LogP contribution in [0.25, 0.3) is 11.1 Å². The Morgan fingerprint density at radius 2 is 1.85 bits per heavy atom. The van der Waals surface area contributed by atoms with Gasteiger partial charge in [0.25, 0.3) is 0 Å². The first kappa shape index (κ1) is 29.1. The number of ether oxygens (including phenoxy) is 1. The summed E-state index contributed by atoms with van der Waals surface area (Å²) in [6.45, 7) is 1.75. The van der Waals surface area contributed by atoms with Crippen molar-refractivity contribution in [2.45, 2.75) is 38.2 Å². The van der Waals surface area contributed by atoms with Gasteiger partial charge in [0.05, 0.1) is 12.2 Å². The molecule has 0 radical (unpaired) electrons. The van der Waals surface area contributed by atoms with Gasteiger partial charge in [-0.3, -0.25) is 9.29 Å². The number of hydrogen-bond acceptors (Lipinski definition) is 3. The molecule has 5 rings (SSSR count). The van der Waals surface area contributed by atoms with Crippen molar-refractivity contribution in [3.63, 3.8) is 0 Å². The highest BCUT2D eigenvalue weighted by Gasteiger charge is 2.28. The number of fused-ring (bicyclic) bond motifs is 1. The summed E-state index contributed by atoms with van der Waals surface area (Å²) >= 11 is 6.63. The van der Waals surface area contributed by atoms with E-state index < -0.39 is 11.8 Å². The summed E-state index contributed by atoms with van der Waals surface area (Å²) in [5.41, 5.74) is 4.75. The molecule has 1 heterocycles. The van der Waals surface area contributed by atoms with Crippen LogP contribution in [-0.2, 0) is 6.42 Å². The van der Waals surface area contributed by atoms with E-state index in [-0.39, 0.29) is 36.5 Å². The fourth-order valence-corrected chi connectivity index (χ4v) is 5.81. The van der Waals surface area contributed by atoms with Gasteiger partial charge in [0.1, 0.15) is 6.10 Å². The number of carboxylic acid groups (broad SMARTS) is 1. The maximum absolute atomic E-state index is 16.3. The molecule has 3 aromatic rings. The van der Waals surface area contributed by atoms with Gasteiger partial charge in [0.15, 0.2) is 11.6 Å². The molecule has 3 aromatic carbocycles. The third kappa shape index (κ3) is 6.29. The van der Waals surface area contributed by atoms with Gasteiger partial charge in [0, 0.05) is 30.2 Å². The fraction of sp³-hybridized carbons (Fsp3) is 0.323. The van der Waals surface area contributed by atoms with Crippen molar-refractivity contribution in [1.82, 2.24) is 4.90 Å². The SMILES string of the molecule is Cl.O=C(O)c1ccc2c(c1)CCCC(c1ccccc1Cl)=C2c1cccc(O[C@@H]2CCN(CCCF)C2)c1F. The summed E-state index contributed by atoms with van der Waals surface area (Å²) in [6, 6.07) is 17.8. The topological polar surface area (TPSA) is 49.8 Å². The van der Waals surface area contributed by atoms with Crippen molar-refractivity contribution in [1.29, 1.82) is 0 Å². The van der Waals surface area contributed by atoms with E-state index in [4.69, 9.17) is 16.3 Å². The van der Waals surface area contributed by atoms with E-state index in [9.17, 15) is 14.3 Å². The lowest BCUT2D eigenvalue weighted by atomic mass is 9.87. The van der Waals surface area contributed by atoms with Crippen LogP contribution in [0.3, 0.4) is 0 Å². The standard InChI is InChI=1S/C31H30ClF2NO3.ClH/c32-27-10-2-1-7-24(27)25-8-3-6-20-18-21(31(36)37)12-13-23(20)29(25)26-9-4-11-28(30(26)34)38-22-14-17-35(19-22)16-5-15-33;/h1-2,4,7,9-13,18,22H,3,5-6,8,14-17,19H2,(H,36,37);1H/t22-;/m1./s1. The van der Waals surface area contributed by atoms with Gasteiger partial charge in [-0.2, -0.15) is 0 Å². The number of rotatable bonds is 8. The fourth-order valence-electron chi connectivity index (χ4n) is 5.56. The Bertz CT molecular complexity index is 1380. The Labute approximate surface area is 238 Å². The number of aromatic carboxylic acids is 1. The molecule has 1 atom stereocenters. The van der Waals surface area contributed by atoms with Crippen molar-refractivity contribution in [2.24, 2.45) is 0 Å². The molecule has 1 aliphatic heterocycles. The molecule has 1 aliphatic carbocycles. The number of carboxylic acids is 1. The van der Waals surface area contributed by atoms with Crippen LogP contribution in [0.1, 0.15) is 58.3 Å². The van der Waals surface area contributed by atoms with E-state index in [1.165, 1.54) is 0 Å². The first-order chi connectivity index (χ1) is 18.5. The summed E-state index contributed by atoms with van der Waals surface area (Å²) in [4.78, 5) is 13.8. The van der Waals surface area contributed by atoms with E-state index >= 15 is 4.39 Å². The summed E-state index contributed by atoms with van der Waals surface area (Å²) in [7, 11) is 0. The lowest BCUT2D eigenvalue weighted by Gasteiger charge is -2.21. The molecule has 8 heteroatoms. The summed E-state index contributed by atoms with van der Waals surface area (Å²) in [5, 5.41) is 10.1. The van der Waals surface area contributed by atoms with Crippen molar-refractivity contribution >= 4 is 41.1 Å². The number of alkyl halides is 1. The first-order valence-electron chi connectivity index (χ1n) is 13.0. The van der Waals surface area contributed by atoms with Crippen molar-refractivity contribution in [3.05, 3.63) is 99.3 Å². The Kier molecular flexibility index (Phi) is 9.65. The molecule has 1 N–H and O–H groups in total. The molecule has 2 aliphatic rings. The third-order valence-electron chi connectivity index (χ3n) is 7.36. The molecule has 0 bridgehead atoms. The summed E-state index contributed by atoms with van der Waals surface area (Å²) < 4.78 is 35.0. The second-order valence-corrected chi connectivity index (χ2v) is 10.3. The van der Waals surface area contributed by atoms with Crippen LogP contribution >= 0.6 is 24.0 Å². The van der Waals surface area contributed by atoms with Crippen LogP contribution in [0.4, 0.5) is 8.78 Å². The number of carbonyl (C=O) groups is 1. The van der Waals surface area contributed by atoms with Crippen LogP contribution in [0.15, 0.2) is 60.7 Å². The molecule has 0 aromatic heterocycles. The molecule has 0 spiro atoms. The molecular weight excluding hydrogens is 543 g/mol. The zero-order chi connectivity index (χ0) is 26.6. The van der Waals surface area contributed by atoms with Gasteiger partial charge in [-0.25, -0.2) is 9.18 Å². The molecule has 0 unspecified atom stereocenters. The highest BCUT2D eigenvalue weighted by molar-refractivity contribution is 6.32. The van der Waals surface area contributed by atoms with Crippen LogP contribution in [0, 0.1) is 5.82 Å². The average Bonchev–Trinajstić information content (AvgIpc) is 3.27. The molecule has 4 nitrogen and oxygen atoms in total. The Hall–Kier alpha value is -2.93. The van der Waals surface area contributed by atoms with Crippen LogP contribution in [0.5, 0.6) is 5.75 Å². The molecule has 0 amide bonds. The number of nitrogens with zero attached hydrogens (tertiary/aromatic N) is 1. The molecule has 1 saturated heterocycles. The Balaban J connectivity index is 0.00000353. The number of halogens is 4. The smallest absolute Gasteiger partial charge is 0.335 e.